The van der Waals surface area contributed by atoms with Gasteiger partial charge in [0.15, 0.2) is 11.9 Å². The molecule has 11 nitrogen and oxygen atoms in total. The fraction of sp³-hybridized carbons (Fsp3) is 0.681. The molecule has 0 bridgehead atoms. The third-order valence-corrected chi connectivity index (χ3v) is 10.9. The molecule has 1 rings (SSSR count). The van der Waals surface area contributed by atoms with Crippen LogP contribution in [0.3, 0.4) is 0 Å². The quantitative estimate of drug-likeness (QED) is 0.0162. The summed E-state index contributed by atoms with van der Waals surface area (Å²) in [6, 6.07) is 0. The molecular formula is C47H78NO10P. The molecule has 1 aromatic rings. The maximum atomic E-state index is 12.6. The highest BCUT2D eigenvalue weighted by atomic mass is 31.2. The second kappa shape index (κ2) is 35.7. The largest absolute Gasteiger partial charge is 0.472 e. The van der Waals surface area contributed by atoms with E-state index in [2.05, 4.69) is 52.0 Å². The predicted molar refractivity (Wildman–Crippen MR) is 237 cm³/mol. The molecule has 1 aromatic heterocycles. The van der Waals surface area contributed by atoms with Gasteiger partial charge in [-0.1, -0.05) is 121 Å². The Balaban J connectivity index is 2.34. The number of unbranched alkanes of at least 4 members (excludes halogenated alkanes) is 12. The van der Waals surface area contributed by atoms with E-state index in [1.807, 2.05) is 12.2 Å². The van der Waals surface area contributed by atoms with Crippen molar-refractivity contribution in [3.63, 3.8) is 0 Å². The van der Waals surface area contributed by atoms with Crippen LogP contribution >= 0.6 is 7.82 Å². The Bertz CT molecular complexity index is 1450. The fourth-order valence-electron chi connectivity index (χ4n) is 6.24. The van der Waals surface area contributed by atoms with Crippen LogP contribution in [0.1, 0.15) is 171 Å². The van der Waals surface area contributed by atoms with Gasteiger partial charge in [0.1, 0.15) is 18.1 Å². The molecular weight excluding hydrogens is 769 g/mol. The van der Waals surface area contributed by atoms with Crippen molar-refractivity contribution in [1.82, 2.24) is 0 Å². The highest BCUT2D eigenvalue weighted by Crippen LogP contribution is 2.43. The molecule has 0 radical (unpaired) electrons. The van der Waals surface area contributed by atoms with Gasteiger partial charge in [-0.2, -0.15) is 0 Å². The van der Waals surface area contributed by atoms with Gasteiger partial charge in [-0.3, -0.25) is 23.4 Å². The smallest absolute Gasteiger partial charge is 0.466 e. The highest BCUT2D eigenvalue weighted by Gasteiger charge is 2.26. The lowest BCUT2D eigenvalue weighted by molar-refractivity contribution is -0.161. The first-order chi connectivity index (χ1) is 28.5. The van der Waals surface area contributed by atoms with Gasteiger partial charge in [0.05, 0.1) is 13.2 Å². The number of rotatable bonds is 38. The van der Waals surface area contributed by atoms with E-state index in [1.54, 1.807) is 6.08 Å². The van der Waals surface area contributed by atoms with Crippen molar-refractivity contribution in [2.24, 2.45) is 5.73 Å². The number of ketones is 1. The summed E-state index contributed by atoms with van der Waals surface area (Å²) in [6.07, 6.45) is 35.4. The van der Waals surface area contributed by atoms with Crippen LogP contribution in [-0.2, 0) is 50.3 Å². The number of hydrogen-bond donors (Lipinski definition) is 2. The zero-order valence-corrected chi connectivity index (χ0v) is 37.8. The van der Waals surface area contributed by atoms with Crippen molar-refractivity contribution in [2.45, 2.75) is 181 Å². The lowest BCUT2D eigenvalue weighted by Crippen LogP contribution is -2.29. The van der Waals surface area contributed by atoms with Crippen LogP contribution in [-0.4, -0.2) is 55.1 Å². The normalized spacial score (nSPS) is 13.6. The zero-order valence-electron chi connectivity index (χ0n) is 36.9. The summed E-state index contributed by atoms with van der Waals surface area (Å²) in [4.78, 5) is 47.2. The Morgan fingerprint density at radius 1 is 0.678 bits per heavy atom. The van der Waals surface area contributed by atoms with Crippen LogP contribution < -0.4 is 5.73 Å². The molecule has 0 aromatic carbocycles. The third-order valence-electron chi connectivity index (χ3n) is 9.90. The van der Waals surface area contributed by atoms with Gasteiger partial charge < -0.3 is 24.5 Å². The van der Waals surface area contributed by atoms with Gasteiger partial charge >= 0.3 is 19.8 Å². The summed E-state index contributed by atoms with van der Waals surface area (Å²) in [6.45, 7) is 7.70. The number of furan rings is 1. The van der Waals surface area contributed by atoms with E-state index in [-0.39, 0.29) is 51.2 Å². The average molecular weight is 848 g/mol. The van der Waals surface area contributed by atoms with Crippen LogP contribution in [0.25, 0.3) is 0 Å². The monoisotopic (exact) mass is 848 g/mol. The first-order valence-corrected chi connectivity index (χ1v) is 23.9. The van der Waals surface area contributed by atoms with Crippen molar-refractivity contribution in [2.75, 3.05) is 26.4 Å². The number of esters is 2. The second-order valence-corrected chi connectivity index (χ2v) is 16.6. The lowest BCUT2D eigenvalue weighted by Gasteiger charge is -2.19. The van der Waals surface area contributed by atoms with Crippen molar-refractivity contribution in [1.29, 1.82) is 0 Å². The summed E-state index contributed by atoms with van der Waals surface area (Å²) in [5, 5.41) is 0. The number of carbonyl (C=O) groups excluding carboxylic acids is 3. The molecule has 1 heterocycles. The van der Waals surface area contributed by atoms with Gasteiger partial charge in [0.25, 0.3) is 0 Å². The van der Waals surface area contributed by atoms with Gasteiger partial charge in [-0.25, -0.2) is 4.57 Å². The van der Waals surface area contributed by atoms with E-state index >= 15 is 0 Å². The molecule has 3 N–H and O–H groups in total. The number of allylic oxidation sites excluding steroid dienone is 8. The number of phosphoric acid groups is 1. The average Bonchev–Trinajstić information content (AvgIpc) is 3.48. The van der Waals surface area contributed by atoms with E-state index in [0.717, 1.165) is 75.7 Å². The molecule has 12 heteroatoms. The topological polar surface area (TPSA) is 165 Å². The van der Waals surface area contributed by atoms with E-state index in [0.29, 0.717) is 6.42 Å². The number of ether oxygens (including phenoxy) is 2. The number of aryl methyl sites for hydroxylation is 2. The first-order valence-electron chi connectivity index (χ1n) is 22.4. The van der Waals surface area contributed by atoms with Crippen LogP contribution in [0.4, 0.5) is 0 Å². The minimum absolute atomic E-state index is 0.00877. The van der Waals surface area contributed by atoms with Crippen LogP contribution in [0.15, 0.2) is 53.0 Å². The molecule has 0 saturated heterocycles. The van der Waals surface area contributed by atoms with Crippen molar-refractivity contribution in [3.05, 3.63) is 71.3 Å². The third kappa shape index (κ3) is 29.7. The number of nitrogens with two attached hydrogens (primary N) is 1. The number of hydrogen-bond acceptors (Lipinski definition) is 10. The summed E-state index contributed by atoms with van der Waals surface area (Å²) < 4.78 is 38.8. The molecule has 0 spiro atoms. The second-order valence-electron chi connectivity index (χ2n) is 15.2. The molecule has 0 fully saturated rings. The molecule has 0 aliphatic carbocycles. The van der Waals surface area contributed by atoms with Crippen molar-refractivity contribution in [3.8, 4) is 0 Å². The van der Waals surface area contributed by atoms with Gasteiger partial charge in [-0.15, -0.1) is 0 Å². The Hall–Kier alpha value is -3.08. The molecule has 0 amide bonds. The minimum atomic E-state index is -4.46. The SMILES string of the molecule is CCCCC/C=C\C/C=C\C/C=C\C=C\C(=O)CCCC(=O)O[C@H](COC(=O)CCCCCCCCCCc1oc(CCCCC)c(C)c1C)COP(=O)(O)OCCN. The van der Waals surface area contributed by atoms with Gasteiger partial charge in [0, 0.05) is 38.6 Å². The molecule has 59 heavy (non-hydrogen) atoms. The highest BCUT2D eigenvalue weighted by molar-refractivity contribution is 7.47. The number of carbonyl (C=O) groups is 3. The Morgan fingerprint density at radius 2 is 1.25 bits per heavy atom. The van der Waals surface area contributed by atoms with E-state index in [9.17, 15) is 23.8 Å². The standard InChI is InChI=1S/C47H78NO10P/c1-5-7-9-10-11-12-13-14-15-16-19-22-26-30-42(49)31-29-35-47(51)57-43(39-56-59(52,53)55-37-36-48)38-54-46(50)34-28-24-21-18-17-20-23-27-33-45-41(4)40(3)44(58-45)32-25-8-6-2/h11-12,14-15,19,22,26,30,43H,5-10,13,16-18,20-21,23-25,27-29,31-39,48H2,1-4H3,(H,52,53)/b12-11-,15-14-,22-19-,30-26+/t43-/m1/s1. The van der Waals surface area contributed by atoms with Gasteiger partial charge in [-0.05, 0) is 82.4 Å². The van der Waals surface area contributed by atoms with Gasteiger partial charge in [0.2, 0.25) is 0 Å². The van der Waals surface area contributed by atoms with Crippen LogP contribution in [0.5, 0.6) is 0 Å². The molecule has 2 atom stereocenters. The summed E-state index contributed by atoms with van der Waals surface area (Å²) >= 11 is 0. The summed E-state index contributed by atoms with van der Waals surface area (Å²) in [7, 11) is -4.46. The first kappa shape index (κ1) is 53.9. The molecule has 0 saturated carbocycles. The Labute approximate surface area is 356 Å². The Morgan fingerprint density at radius 3 is 1.92 bits per heavy atom. The zero-order chi connectivity index (χ0) is 43.4. The van der Waals surface area contributed by atoms with Crippen molar-refractivity contribution >= 4 is 25.5 Å². The summed E-state index contributed by atoms with van der Waals surface area (Å²) in [5.74, 6) is 1.07. The minimum Gasteiger partial charge on any atom is -0.466 e. The Kier molecular flexibility index (Phi) is 32.6. The maximum absolute atomic E-state index is 12.6. The van der Waals surface area contributed by atoms with Crippen molar-refractivity contribution < 1.29 is 46.8 Å². The lowest BCUT2D eigenvalue weighted by atomic mass is 10.0. The van der Waals surface area contributed by atoms with Crippen LogP contribution in [0.2, 0.25) is 0 Å². The maximum Gasteiger partial charge on any atom is 0.472 e. The molecule has 0 aliphatic rings. The van der Waals surface area contributed by atoms with E-state index < -0.39 is 32.5 Å². The molecule has 1 unspecified atom stereocenters. The van der Waals surface area contributed by atoms with E-state index in [4.69, 9.17) is 28.7 Å². The molecule has 336 valence electrons. The fourth-order valence-corrected chi connectivity index (χ4v) is 7.00. The number of phosphoric ester groups is 1. The van der Waals surface area contributed by atoms with Crippen LogP contribution in [0, 0.1) is 13.8 Å². The summed E-state index contributed by atoms with van der Waals surface area (Å²) in [5.41, 5.74) is 7.97. The molecule has 0 aliphatic heterocycles. The van der Waals surface area contributed by atoms with E-state index in [1.165, 1.54) is 68.6 Å². The predicted octanol–water partition coefficient (Wildman–Crippen LogP) is 11.6.